The summed E-state index contributed by atoms with van der Waals surface area (Å²) in [5.41, 5.74) is -0.640. The highest BCUT2D eigenvalue weighted by Gasteiger charge is 2.50. The molecule has 0 unspecified atom stereocenters. The number of hydrogen-bond acceptors (Lipinski definition) is 4. The van der Waals surface area contributed by atoms with Crippen molar-refractivity contribution in [3.05, 3.63) is 65.0 Å². The first-order valence-corrected chi connectivity index (χ1v) is 12.9. The maximum atomic E-state index is 14.8. The van der Waals surface area contributed by atoms with Crippen molar-refractivity contribution in [2.24, 2.45) is 5.92 Å². The van der Waals surface area contributed by atoms with Crippen LogP contribution < -0.4 is 0 Å². The fourth-order valence-electron chi connectivity index (χ4n) is 4.84. The van der Waals surface area contributed by atoms with Gasteiger partial charge < -0.3 is 9.84 Å². The molecule has 0 heterocycles. The monoisotopic (exact) mass is 460 g/mol. The second-order valence-electron chi connectivity index (χ2n) is 9.36. The number of sulfone groups is 1. The zero-order valence-electron chi connectivity index (χ0n) is 18.4. The van der Waals surface area contributed by atoms with Crippen molar-refractivity contribution in [3.63, 3.8) is 0 Å². The van der Waals surface area contributed by atoms with Gasteiger partial charge in [0.05, 0.1) is 22.5 Å². The van der Waals surface area contributed by atoms with Crippen molar-refractivity contribution in [3.8, 4) is 0 Å². The normalized spacial score (nSPS) is 26.1. The molecule has 7 heteroatoms. The van der Waals surface area contributed by atoms with Gasteiger partial charge in [0.2, 0.25) is 0 Å². The fourth-order valence-corrected chi connectivity index (χ4v) is 5.84. The van der Waals surface area contributed by atoms with Gasteiger partial charge in [0.15, 0.2) is 9.84 Å². The van der Waals surface area contributed by atoms with Gasteiger partial charge in [0.25, 0.3) is 0 Å². The zero-order valence-corrected chi connectivity index (χ0v) is 19.3. The van der Waals surface area contributed by atoms with E-state index in [0.717, 1.165) is 24.7 Å². The van der Waals surface area contributed by atoms with Crippen molar-refractivity contribution < 1.29 is 27.4 Å². The summed E-state index contributed by atoms with van der Waals surface area (Å²) in [4.78, 5) is 12.4. The van der Waals surface area contributed by atoms with Crippen LogP contribution in [0, 0.1) is 18.7 Å². The molecular weight excluding hydrogens is 431 g/mol. The molecule has 0 saturated heterocycles. The molecule has 2 aliphatic carbocycles. The van der Waals surface area contributed by atoms with E-state index >= 15 is 0 Å². The number of hydrogen-bond donors (Lipinski definition) is 1. The van der Waals surface area contributed by atoms with Crippen LogP contribution in [0.1, 0.15) is 55.2 Å². The van der Waals surface area contributed by atoms with Gasteiger partial charge in [-0.25, -0.2) is 12.8 Å². The summed E-state index contributed by atoms with van der Waals surface area (Å²) in [6, 6.07) is 12.1. The average molecular weight is 461 g/mol. The molecule has 2 saturated carbocycles. The lowest BCUT2D eigenvalue weighted by Gasteiger charge is -2.45. The van der Waals surface area contributed by atoms with E-state index in [2.05, 4.69) is 0 Å². The Balaban J connectivity index is 1.75. The van der Waals surface area contributed by atoms with Crippen LogP contribution in [-0.4, -0.2) is 32.4 Å². The number of halogens is 1. The minimum Gasteiger partial charge on any atom is -0.481 e. The lowest BCUT2D eigenvalue weighted by molar-refractivity contribution is -0.151. The standard InChI is InChI=1S/C25H29FO5S/c1-17-21(26)14-20(15-22(17)32(2,29)30)25(31-16-18-8-9-18)12-10-24(11-13-25,23(27)28)19-6-4-3-5-7-19/h3-7,14-15,18H,8-13,16H2,1-2H3,(H,27,28)/t24-,25-. The Morgan fingerprint density at radius 2 is 1.72 bits per heavy atom. The highest BCUT2D eigenvalue weighted by Crippen LogP contribution is 2.50. The minimum absolute atomic E-state index is 0.0416. The fraction of sp³-hybridized carbons (Fsp3) is 0.480. The van der Waals surface area contributed by atoms with Crippen molar-refractivity contribution in [2.45, 2.75) is 61.4 Å². The molecule has 0 amide bonds. The molecule has 0 aromatic heterocycles. The van der Waals surface area contributed by atoms with Crippen LogP contribution in [0.4, 0.5) is 4.39 Å². The first-order valence-electron chi connectivity index (χ1n) is 11.0. The molecule has 5 nitrogen and oxygen atoms in total. The van der Waals surface area contributed by atoms with Crippen molar-refractivity contribution in [1.29, 1.82) is 0 Å². The van der Waals surface area contributed by atoms with Crippen LogP contribution >= 0.6 is 0 Å². The third kappa shape index (κ3) is 4.20. The predicted octanol–water partition coefficient (Wildman–Crippen LogP) is 4.76. The highest BCUT2D eigenvalue weighted by molar-refractivity contribution is 7.90. The molecule has 32 heavy (non-hydrogen) atoms. The van der Waals surface area contributed by atoms with Crippen LogP contribution in [0.3, 0.4) is 0 Å². The molecule has 0 bridgehead atoms. The summed E-state index contributed by atoms with van der Waals surface area (Å²) < 4.78 is 45.9. The van der Waals surface area contributed by atoms with Crippen LogP contribution in [-0.2, 0) is 30.4 Å². The number of aliphatic carboxylic acids is 1. The lowest BCUT2D eigenvalue weighted by atomic mass is 9.63. The number of benzene rings is 2. The van der Waals surface area contributed by atoms with E-state index in [9.17, 15) is 22.7 Å². The molecular formula is C25H29FO5S. The van der Waals surface area contributed by atoms with E-state index in [0.29, 0.717) is 43.8 Å². The van der Waals surface area contributed by atoms with Gasteiger partial charge in [-0.05, 0) is 74.6 Å². The Morgan fingerprint density at radius 1 is 1.09 bits per heavy atom. The second kappa shape index (κ2) is 8.27. The van der Waals surface area contributed by atoms with Gasteiger partial charge in [-0.15, -0.1) is 0 Å². The quantitative estimate of drug-likeness (QED) is 0.645. The number of carboxylic acid groups (broad SMARTS) is 1. The van der Waals surface area contributed by atoms with Crippen molar-refractivity contribution in [1.82, 2.24) is 0 Å². The van der Waals surface area contributed by atoms with Gasteiger partial charge in [-0.3, -0.25) is 4.79 Å². The molecule has 0 aliphatic heterocycles. The van der Waals surface area contributed by atoms with Gasteiger partial charge in [-0.1, -0.05) is 30.3 Å². The van der Waals surface area contributed by atoms with Gasteiger partial charge >= 0.3 is 5.97 Å². The lowest BCUT2D eigenvalue weighted by Crippen LogP contribution is -2.46. The van der Waals surface area contributed by atoms with Crippen LogP contribution in [0.15, 0.2) is 47.4 Å². The Kier molecular flexibility index (Phi) is 5.92. The number of carbonyl (C=O) groups is 1. The summed E-state index contributed by atoms with van der Waals surface area (Å²) >= 11 is 0. The topological polar surface area (TPSA) is 80.7 Å². The summed E-state index contributed by atoms with van der Waals surface area (Å²) in [7, 11) is -3.63. The summed E-state index contributed by atoms with van der Waals surface area (Å²) in [6.45, 7) is 1.97. The Bertz CT molecular complexity index is 1110. The molecule has 2 fully saturated rings. The zero-order chi connectivity index (χ0) is 23.1. The molecule has 0 atom stereocenters. The van der Waals surface area contributed by atoms with Crippen molar-refractivity contribution in [2.75, 3.05) is 12.9 Å². The first kappa shape index (κ1) is 22.9. The summed E-state index contributed by atoms with van der Waals surface area (Å²) in [5.74, 6) is -1.02. The summed E-state index contributed by atoms with van der Waals surface area (Å²) in [5, 5.41) is 10.2. The van der Waals surface area contributed by atoms with Crippen molar-refractivity contribution >= 4 is 15.8 Å². The second-order valence-corrected chi connectivity index (χ2v) is 11.3. The maximum Gasteiger partial charge on any atom is 0.314 e. The molecule has 0 spiro atoms. The third-order valence-electron chi connectivity index (χ3n) is 7.16. The number of ether oxygens (including phenoxy) is 1. The minimum atomic E-state index is -3.63. The molecule has 0 radical (unpaired) electrons. The molecule has 2 aromatic carbocycles. The SMILES string of the molecule is Cc1c(F)cc([C@]2(OCC3CC3)CC[C@@](C(=O)O)(c3ccccc3)CC2)cc1S(C)(=O)=O. The van der Waals surface area contributed by atoms with E-state index in [-0.39, 0.29) is 10.5 Å². The van der Waals surface area contributed by atoms with Gasteiger partial charge in [0, 0.05) is 11.8 Å². The van der Waals surface area contributed by atoms with Gasteiger partial charge in [-0.2, -0.15) is 0 Å². The Morgan fingerprint density at radius 3 is 2.25 bits per heavy atom. The Labute approximate surface area is 188 Å². The smallest absolute Gasteiger partial charge is 0.314 e. The summed E-state index contributed by atoms with van der Waals surface area (Å²) in [6.07, 6.45) is 4.61. The molecule has 172 valence electrons. The molecule has 1 N–H and O–H groups in total. The molecule has 2 aliphatic rings. The highest BCUT2D eigenvalue weighted by atomic mass is 32.2. The molecule has 4 rings (SSSR count). The van der Waals surface area contributed by atoms with E-state index in [1.165, 1.54) is 19.1 Å². The van der Waals surface area contributed by atoms with E-state index in [4.69, 9.17) is 4.74 Å². The third-order valence-corrected chi connectivity index (χ3v) is 8.38. The van der Waals surface area contributed by atoms with E-state index in [1.54, 1.807) is 0 Å². The maximum absolute atomic E-state index is 14.8. The Hall–Kier alpha value is -2.25. The van der Waals surface area contributed by atoms with Crippen LogP contribution in [0.25, 0.3) is 0 Å². The average Bonchev–Trinajstić information content (AvgIpc) is 3.59. The van der Waals surface area contributed by atoms with E-state index in [1.807, 2.05) is 30.3 Å². The van der Waals surface area contributed by atoms with E-state index < -0.39 is 32.6 Å². The number of rotatable bonds is 7. The molecule has 2 aromatic rings. The largest absolute Gasteiger partial charge is 0.481 e. The van der Waals surface area contributed by atoms with Crippen LogP contribution in [0.2, 0.25) is 0 Å². The number of carboxylic acids is 1. The van der Waals surface area contributed by atoms with Crippen LogP contribution in [0.5, 0.6) is 0 Å². The van der Waals surface area contributed by atoms with Gasteiger partial charge in [0.1, 0.15) is 5.82 Å². The predicted molar refractivity (Wildman–Crippen MR) is 119 cm³/mol. The first-order chi connectivity index (χ1) is 15.1.